The topological polar surface area (TPSA) is 125 Å². The van der Waals surface area contributed by atoms with Crippen molar-refractivity contribution in [2.45, 2.75) is 31.2 Å². The fourth-order valence-electron chi connectivity index (χ4n) is 3.55. The number of hydrogen-bond donors (Lipinski definition) is 3. The van der Waals surface area contributed by atoms with Crippen molar-refractivity contribution >= 4 is 34.1 Å². The van der Waals surface area contributed by atoms with E-state index in [-0.39, 0.29) is 19.1 Å². The lowest BCUT2D eigenvalue weighted by atomic mass is 9.76. The smallest absolute Gasteiger partial charge is 0.464 e. The lowest BCUT2D eigenvalue weighted by molar-refractivity contribution is 0.123. The summed E-state index contributed by atoms with van der Waals surface area (Å²) in [5.41, 5.74) is 1.43. The number of hydrogen-bond acceptors (Lipinski definition) is 7. The third-order valence-electron chi connectivity index (χ3n) is 5.17. The normalized spacial score (nSPS) is 20.2. The summed E-state index contributed by atoms with van der Waals surface area (Å²) in [6.45, 7) is 0.683. The molecule has 1 aliphatic heterocycles. The number of benzene rings is 1. The second-order valence-electron chi connectivity index (χ2n) is 7.11. The highest BCUT2D eigenvalue weighted by atomic mass is 32.2. The van der Waals surface area contributed by atoms with Crippen LogP contribution in [0.5, 0.6) is 0 Å². The van der Waals surface area contributed by atoms with Gasteiger partial charge in [0.2, 0.25) is 0 Å². The minimum Gasteiger partial charge on any atom is -0.464 e. The second-order valence-corrected chi connectivity index (χ2v) is 9.47. The summed E-state index contributed by atoms with van der Waals surface area (Å²) in [6, 6.07) is 7.19. The molecular formula is C18H26BN3O6S. The number of carbonyl (C=O) groups is 1. The van der Waals surface area contributed by atoms with Gasteiger partial charge in [-0.3, -0.25) is 0 Å². The lowest BCUT2D eigenvalue weighted by Crippen LogP contribution is -2.48. The Labute approximate surface area is 170 Å². The van der Waals surface area contributed by atoms with Crippen molar-refractivity contribution in [3.05, 3.63) is 36.1 Å². The van der Waals surface area contributed by atoms with E-state index in [1.807, 2.05) is 24.3 Å². The standard InChI is InChI=1S/C18H26BN3O6S/c1-20-29(2,26)22-9-5-6-14(22)12-28-18(23)21-17(19(24)25)10-13-11-27-16-8-4-3-7-15(13)16/h3-4,7-8,11,14,17,24-25H,5-6,9-10,12H2,1-2H3,(H,21,23)/t14-,17+,29?/m1/s1. The molecule has 3 atom stereocenters. The van der Waals surface area contributed by atoms with E-state index in [1.165, 1.54) is 13.3 Å². The minimum absolute atomic E-state index is 0.0507. The molecule has 0 spiro atoms. The van der Waals surface area contributed by atoms with E-state index in [9.17, 15) is 19.1 Å². The van der Waals surface area contributed by atoms with E-state index in [2.05, 4.69) is 9.68 Å². The van der Waals surface area contributed by atoms with Gasteiger partial charge in [-0.05, 0) is 30.9 Å². The number of nitrogens with zero attached hydrogens (tertiary/aromatic N) is 2. The molecule has 1 aliphatic rings. The summed E-state index contributed by atoms with van der Waals surface area (Å²) in [5.74, 6) is -0.968. The van der Waals surface area contributed by atoms with Crippen LogP contribution in [0.3, 0.4) is 0 Å². The molecule has 158 valence electrons. The predicted octanol–water partition coefficient (Wildman–Crippen LogP) is 1.19. The van der Waals surface area contributed by atoms with E-state index < -0.39 is 29.1 Å². The van der Waals surface area contributed by atoms with Crippen molar-refractivity contribution in [2.75, 3.05) is 26.5 Å². The van der Waals surface area contributed by atoms with Gasteiger partial charge < -0.3 is 24.5 Å². The van der Waals surface area contributed by atoms with Gasteiger partial charge in [0.1, 0.15) is 22.1 Å². The van der Waals surface area contributed by atoms with Crippen LogP contribution in [-0.4, -0.2) is 70.2 Å². The molecule has 3 N–H and O–H groups in total. The lowest BCUT2D eigenvalue weighted by Gasteiger charge is -2.25. The number of alkyl carbamates (subject to hydrolysis) is 1. The van der Waals surface area contributed by atoms with Gasteiger partial charge in [-0.2, -0.15) is 0 Å². The molecule has 1 aromatic heterocycles. The van der Waals surface area contributed by atoms with E-state index in [4.69, 9.17) is 9.15 Å². The maximum absolute atomic E-state index is 12.5. The first-order valence-electron chi connectivity index (χ1n) is 9.43. The highest BCUT2D eigenvalue weighted by molar-refractivity contribution is 7.90. The SMILES string of the molecule is CN=S(C)(=O)N1CCC[C@@H]1COC(=O)N[C@@H](Cc1coc2ccccc12)B(O)O. The van der Waals surface area contributed by atoms with Gasteiger partial charge >= 0.3 is 13.2 Å². The van der Waals surface area contributed by atoms with Crippen molar-refractivity contribution in [3.8, 4) is 0 Å². The number of carbonyl (C=O) groups excluding carboxylic acids is 1. The van der Waals surface area contributed by atoms with Crippen LogP contribution >= 0.6 is 0 Å². The number of amides is 1. The van der Waals surface area contributed by atoms with Gasteiger partial charge in [-0.15, -0.1) is 0 Å². The molecule has 9 nitrogen and oxygen atoms in total. The Morgan fingerprint density at radius 2 is 2.24 bits per heavy atom. The third-order valence-corrected chi connectivity index (χ3v) is 7.20. The van der Waals surface area contributed by atoms with Gasteiger partial charge in [0, 0.05) is 25.2 Å². The van der Waals surface area contributed by atoms with Crippen LogP contribution in [0.4, 0.5) is 4.79 Å². The first-order valence-corrected chi connectivity index (χ1v) is 11.3. The molecule has 1 fully saturated rings. The van der Waals surface area contributed by atoms with Crippen molar-refractivity contribution in [1.82, 2.24) is 9.62 Å². The Hall–Kier alpha value is -2.08. The Morgan fingerprint density at radius 1 is 1.48 bits per heavy atom. The Morgan fingerprint density at radius 3 is 2.97 bits per heavy atom. The number of rotatable bonds is 7. The van der Waals surface area contributed by atoms with E-state index in [0.29, 0.717) is 12.1 Å². The monoisotopic (exact) mass is 423 g/mol. The molecule has 1 aromatic carbocycles. The molecule has 2 aromatic rings. The van der Waals surface area contributed by atoms with Crippen molar-refractivity contribution in [2.24, 2.45) is 4.36 Å². The molecule has 3 rings (SSSR count). The Balaban J connectivity index is 1.59. The maximum atomic E-state index is 12.5. The third kappa shape index (κ3) is 5.10. The van der Waals surface area contributed by atoms with Crippen molar-refractivity contribution in [3.63, 3.8) is 0 Å². The van der Waals surface area contributed by atoms with Crippen LogP contribution in [-0.2, 0) is 21.1 Å². The zero-order valence-corrected chi connectivity index (χ0v) is 17.3. The summed E-state index contributed by atoms with van der Waals surface area (Å²) >= 11 is 0. The van der Waals surface area contributed by atoms with E-state index in [1.54, 1.807) is 10.6 Å². The molecule has 0 radical (unpaired) electrons. The average molecular weight is 423 g/mol. The summed E-state index contributed by atoms with van der Waals surface area (Å²) in [7, 11) is -2.74. The zero-order valence-electron chi connectivity index (χ0n) is 16.5. The van der Waals surface area contributed by atoms with Gasteiger partial charge in [0.25, 0.3) is 0 Å². The molecule has 1 saturated heterocycles. The highest BCUT2D eigenvalue weighted by Gasteiger charge is 2.32. The molecule has 0 saturated carbocycles. The van der Waals surface area contributed by atoms with Crippen LogP contribution in [0.15, 0.2) is 39.3 Å². The molecule has 2 heterocycles. The molecule has 0 aliphatic carbocycles. The van der Waals surface area contributed by atoms with Crippen LogP contribution in [0, 0.1) is 0 Å². The summed E-state index contributed by atoms with van der Waals surface area (Å²) in [6.07, 6.45) is 4.10. The maximum Gasteiger partial charge on any atom is 0.475 e. The minimum atomic E-state index is -2.48. The molecule has 29 heavy (non-hydrogen) atoms. The highest BCUT2D eigenvalue weighted by Crippen LogP contribution is 2.23. The quantitative estimate of drug-likeness (QED) is 0.575. The average Bonchev–Trinajstić information content (AvgIpc) is 3.33. The predicted molar refractivity (Wildman–Crippen MR) is 111 cm³/mol. The number of nitrogens with one attached hydrogen (secondary N) is 1. The molecule has 11 heteroatoms. The van der Waals surface area contributed by atoms with Crippen LogP contribution in [0.2, 0.25) is 0 Å². The van der Waals surface area contributed by atoms with Crippen molar-refractivity contribution < 1.29 is 28.2 Å². The summed E-state index contributed by atoms with van der Waals surface area (Å²) < 4.78 is 28.9. The van der Waals surface area contributed by atoms with Gasteiger partial charge in [-0.25, -0.2) is 17.7 Å². The largest absolute Gasteiger partial charge is 0.475 e. The summed E-state index contributed by atoms with van der Waals surface area (Å²) in [5, 5.41) is 22.7. The van der Waals surface area contributed by atoms with Crippen LogP contribution in [0.25, 0.3) is 11.0 Å². The number of fused-ring (bicyclic) bond motifs is 1. The van der Waals surface area contributed by atoms with Gasteiger partial charge in [0.15, 0.2) is 0 Å². The fourth-order valence-corrected chi connectivity index (χ4v) is 4.95. The number of para-hydroxylation sites is 1. The fraction of sp³-hybridized carbons (Fsp3) is 0.500. The molecule has 0 bridgehead atoms. The van der Waals surface area contributed by atoms with Gasteiger partial charge in [0.05, 0.1) is 18.2 Å². The zero-order chi connectivity index (χ0) is 21.0. The van der Waals surface area contributed by atoms with E-state index >= 15 is 0 Å². The second kappa shape index (κ2) is 9.16. The van der Waals surface area contributed by atoms with E-state index in [0.717, 1.165) is 23.8 Å². The molecule has 1 amide bonds. The van der Waals surface area contributed by atoms with Crippen LogP contribution in [0.1, 0.15) is 18.4 Å². The molecular weight excluding hydrogens is 397 g/mol. The van der Waals surface area contributed by atoms with Crippen LogP contribution < -0.4 is 5.32 Å². The molecule has 1 unspecified atom stereocenters. The van der Waals surface area contributed by atoms with Crippen molar-refractivity contribution in [1.29, 1.82) is 0 Å². The number of furan rings is 1. The van der Waals surface area contributed by atoms with Gasteiger partial charge in [-0.1, -0.05) is 18.2 Å². The first kappa shape index (κ1) is 21.6. The Kier molecular flexibility index (Phi) is 6.83. The first-order chi connectivity index (χ1) is 13.8. The Bertz CT molecular complexity index is 971. The number of ether oxygens (including phenoxy) is 1. The summed E-state index contributed by atoms with van der Waals surface area (Å²) in [4.78, 5) is 12.2.